The summed E-state index contributed by atoms with van der Waals surface area (Å²) in [4.78, 5) is 25.6. The summed E-state index contributed by atoms with van der Waals surface area (Å²) >= 11 is 0. The van der Waals surface area contributed by atoms with Crippen molar-refractivity contribution in [2.75, 3.05) is 26.2 Å². The van der Waals surface area contributed by atoms with Gasteiger partial charge in [-0.2, -0.15) is 5.10 Å². The first kappa shape index (κ1) is 23.9. The maximum atomic E-state index is 12.4. The first-order valence-corrected chi connectivity index (χ1v) is 12.2. The highest BCUT2D eigenvalue weighted by Gasteiger charge is 2.27. The molecule has 9 nitrogen and oxygen atoms in total. The molecule has 1 fully saturated rings. The van der Waals surface area contributed by atoms with Crippen molar-refractivity contribution in [1.29, 1.82) is 0 Å². The van der Waals surface area contributed by atoms with Gasteiger partial charge in [0.05, 0.1) is 16.9 Å². The fourth-order valence-electron chi connectivity index (χ4n) is 4.26. The number of benzene rings is 1. The van der Waals surface area contributed by atoms with E-state index in [1.54, 1.807) is 17.3 Å². The van der Waals surface area contributed by atoms with Crippen LogP contribution in [-0.4, -0.2) is 73.3 Å². The summed E-state index contributed by atoms with van der Waals surface area (Å²) in [6.45, 7) is 7.19. The van der Waals surface area contributed by atoms with E-state index in [2.05, 4.69) is 26.1 Å². The number of carbonyl (C=O) groups excluding carboxylic acids is 1. The first-order valence-electron chi connectivity index (χ1n) is 12.2. The average Bonchev–Trinajstić information content (AvgIpc) is 3.44. The second-order valence-electron chi connectivity index (χ2n) is 9.40. The third kappa shape index (κ3) is 5.37. The molecule has 9 heteroatoms. The van der Waals surface area contributed by atoms with Crippen molar-refractivity contribution in [2.45, 2.75) is 26.5 Å². The average molecular weight is 487 g/mol. The number of amides is 1. The lowest BCUT2D eigenvalue weighted by atomic mass is 10.1. The maximum absolute atomic E-state index is 12.4. The Hall–Kier alpha value is -3.82. The number of ether oxygens (including phenoxy) is 1. The molecule has 0 saturated carbocycles. The van der Waals surface area contributed by atoms with Crippen molar-refractivity contribution in [3.8, 4) is 22.9 Å². The van der Waals surface area contributed by atoms with Crippen LogP contribution in [-0.2, 0) is 11.3 Å². The molecule has 0 spiro atoms. The molecule has 0 aliphatic carbocycles. The van der Waals surface area contributed by atoms with Crippen molar-refractivity contribution < 1.29 is 14.6 Å². The van der Waals surface area contributed by atoms with Crippen molar-refractivity contribution in [3.05, 3.63) is 66.6 Å². The zero-order valence-corrected chi connectivity index (χ0v) is 20.5. The van der Waals surface area contributed by atoms with E-state index in [4.69, 9.17) is 9.72 Å². The summed E-state index contributed by atoms with van der Waals surface area (Å²) in [5, 5.41) is 17.9. The third-order valence-corrected chi connectivity index (χ3v) is 6.44. The summed E-state index contributed by atoms with van der Waals surface area (Å²) in [6, 6.07) is 15.6. The third-order valence-electron chi connectivity index (χ3n) is 6.44. The van der Waals surface area contributed by atoms with Crippen LogP contribution >= 0.6 is 0 Å². The van der Waals surface area contributed by atoms with Gasteiger partial charge in [0.25, 0.3) is 5.91 Å². The minimum absolute atomic E-state index is 0.0763. The second kappa shape index (κ2) is 10.4. The molecule has 1 saturated heterocycles. The predicted octanol–water partition coefficient (Wildman–Crippen LogP) is 3.47. The molecule has 5 rings (SSSR count). The standard InChI is InChI=1S/C27H30N6O3/c1-18(2)26(34)27(35)33-13-11-32(12-14-33)17-21-5-3-19-15-22(6-7-23(19)30-21)36-25-8-4-20(16-28-25)24-9-10-29-31-24/h3-10,15-16,18,26,34H,11-14,17H2,1-2H3,(H,29,31)/t26-/m1/s1. The van der Waals surface area contributed by atoms with Gasteiger partial charge in [-0.15, -0.1) is 0 Å². The monoisotopic (exact) mass is 486 g/mol. The Kier molecular flexibility index (Phi) is 6.92. The van der Waals surface area contributed by atoms with E-state index in [-0.39, 0.29) is 11.8 Å². The fourth-order valence-corrected chi connectivity index (χ4v) is 4.26. The summed E-state index contributed by atoms with van der Waals surface area (Å²) in [6.07, 6.45) is 2.53. The number of rotatable bonds is 7. The molecule has 2 N–H and O–H groups in total. The number of fused-ring (bicyclic) bond motifs is 1. The van der Waals surface area contributed by atoms with Crippen LogP contribution in [0.2, 0.25) is 0 Å². The maximum Gasteiger partial charge on any atom is 0.251 e. The number of aliphatic hydroxyl groups is 1. The van der Waals surface area contributed by atoms with Gasteiger partial charge >= 0.3 is 0 Å². The van der Waals surface area contributed by atoms with E-state index in [1.807, 2.05) is 56.3 Å². The highest BCUT2D eigenvalue weighted by atomic mass is 16.5. The molecule has 1 aliphatic heterocycles. The Labute approximate surface area is 209 Å². The van der Waals surface area contributed by atoms with Crippen LogP contribution in [0.5, 0.6) is 11.6 Å². The molecule has 186 valence electrons. The van der Waals surface area contributed by atoms with Crippen LogP contribution in [0, 0.1) is 5.92 Å². The largest absolute Gasteiger partial charge is 0.439 e. The van der Waals surface area contributed by atoms with Crippen molar-refractivity contribution in [3.63, 3.8) is 0 Å². The number of aliphatic hydroxyl groups excluding tert-OH is 1. The van der Waals surface area contributed by atoms with Gasteiger partial charge in [-0.1, -0.05) is 19.9 Å². The molecule has 0 unspecified atom stereocenters. The number of aromatic amines is 1. The summed E-state index contributed by atoms with van der Waals surface area (Å²) in [7, 11) is 0. The van der Waals surface area contributed by atoms with Crippen molar-refractivity contribution in [1.82, 2.24) is 30.0 Å². The molecule has 3 aromatic heterocycles. The van der Waals surface area contributed by atoms with Crippen molar-refractivity contribution in [2.24, 2.45) is 5.92 Å². The fraction of sp³-hybridized carbons (Fsp3) is 0.333. The lowest BCUT2D eigenvalue weighted by Gasteiger charge is -2.36. The van der Waals surface area contributed by atoms with Gasteiger partial charge in [0.1, 0.15) is 11.9 Å². The lowest BCUT2D eigenvalue weighted by Crippen LogP contribution is -2.52. The molecule has 4 aromatic rings. The minimum Gasteiger partial charge on any atom is -0.439 e. The molecular formula is C27H30N6O3. The number of hydrogen-bond donors (Lipinski definition) is 2. The van der Waals surface area contributed by atoms with Gasteiger partial charge in [-0.3, -0.25) is 19.8 Å². The van der Waals surface area contributed by atoms with Gasteiger partial charge in [-0.25, -0.2) is 4.98 Å². The number of hydrogen-bond acceptors (Lipinski definition) is 7. The summed E-state index contributed by atoms with van der Waals surface area (Å²) in [5.41, 5.74) is 3.73. The Morgan fingerprint density at radius 3 is 2.61 bits per heavy atom. The van der Waals surface area contributed by atoms with Crippen LogP contribution in [0.4, 0.5) is 0 Å². The van der Waals surface area contributed by atoms with Crippen LogP contribution in [0.25, 0.3) is 22.2 Å². The number of aromatic nitrogens is 4. The van der Waals surface area contributed by atoms with Gasteiger partial charge in [0.15, 0.2) is 0 Å². The number of carbonyl (C=O) groups is 1. The number of pyridine rings is 2. The molecular weight excluding hydrogens is 456 g/mol. The second-order valence-corrected chi connectivity index (χ2v) is 9.40. The Morgan fingerprint density at radius 1 is 1.08 bits per heavy atom. The molecule has 1 aromatic carbocycles. The number of nitrogens with zero attached hydrogens (tertiary/aromatic N) is 5. The van der Waals surface area contributed by atoms with Gasteiger partial charge in [0, 0.05) is 62.1 Å². The predicted molar refractivity (Wildman–Crippen MR) is 136 cm³/mol. The summed E-state index contributed by atoms with van der Waals surface area (Å²) in [5.74, 6) is 0.965. The molecule has 0 radical (unpaired) electrons. The Morgan fingerprint density at radius 2 is 1.92 bits per heavy atom. The topological polar surface area (TPSA) is 107 Å². The molecule has 0 bridgehead atoms. The van der Waals surface area contributed by atoms with E-state index in [0.717, 1.165) is 47.5 Å². The highest BCUT2D eigenvalue weighted by molar-refractivity contribution is 5.81. The number of piperazine rings is 1. The highest BCUT2D eigenvalue weighted by Crippen LogP contribution is 2.26. The van der Waals surface area contributed by atoms with E-state index >= 15 is 0 Å². The molecule has 1 aliphatic rings. The number of nitrogens with one attached hydrogen (secondary N) is 1. The Bertz CT molecular complexity index is 1320. The van der Waals surface area contributed by atoms with Crippen LogP contribution in [0.15, 0.2) is 60.9 Å². The summed E-state index contributed by atoms with van der Waals surface area (Å²) < 4.78 is 5.95. The molecule has 36 heavy (non-hydrogen) atoms. The van der Waals surface area contributed by atoms with Gasteiger partial charge < -0.3 is 14.7 Å². The molecule has 1 amide bonds. The molecule has 1 atom stereocenters. The van der Waals surface area contributed by atoms with Crippen LogP contribution in [0.3, 0.4) is 0 Å². The minimum atomic E-state index is -0.926. The van der Waals surface area contributed by atoms with Gasteiger partial charge in [-0.05, 0) is 42.3 Å². The SMILES string of the molecule is CC(C)[C@@H](O)C(=O)N1CCN(Cc2ccc3cc(Oc4ccc(-c5ccn[nH]5)cn4)ccc3n2)CC1. The van der Waals surface area contributed by atoms with E-state index in [9.17, 15) is 9.90 Å². The Balaban J connectivity index is 1.19. The number of H-pyrrole nitrogens is 1. The van der Waals surface area contributed by atoms with E-state index in [0.29, 0.717) is 24.7 Å². The zero-order valence-electron chi connectivity index (χ0n) is 20.5. The molecule has 4 heterocycles. The smallest absolute Gasteiger partial charge is 0.251 e. The van der Waals surface area contributed by atoms with E-state index in [1.165, 1.54) is 0 Å². The first-order chi connectivity index (χ1) is 17.5. The van der Waals surface area contributed by atoms with E-state index < -0.39 is 6.10 Å². The van der Waals surface area contributed by atoms with Gasteiger partial charge in [0.2, 0.25) is 5.88 Å². The normalized spacial score (nSPS) is 15.4. The van der Waals surface area contributed by atoms with Crippen LogP contribution in [0.1, 0.15) is 19.5 Å². The quantitative estimate of drug-likeness (QED) is 0.412. The van der Waals surface area contributed by atoms with Crippen LogP contribution < -0.4 is 4.74 Å². The zero-order chi connectivity index (χ0) is 25.1. The lowest BCUT2D eigenvalue weighted by molar-refractivity contribution is -0.144. The van der Waals surface area contributed by atoms with Crippen molar-refractivity contribution >= 4 is 16.8 Å².